The first kappa shape index (κ1) is 20.1. The van der Waals surface area contributed by atoms with Crippen molar-refractivity contribution in [2.75, 3.05) is 6.61 Å². The number of benzene rings is 1. The number of carbonyl (C=O) groups excluding carboxylic acids is 2. The summed E-state index contributed by atoms with van der Waals surface area (Å²) in [5.74, 6) is -0.589. The lowest BCUT2D eigenvalue weighted by Crippen LogP contribution is -2.37. The van der Waals surface area contributed by atoms with Gasteiger partial charge in [-0.2, -0.15) is 0 Å². The largest absolute Gasteiger partial charge is 0.507 e. The minimum Gasteiger partial charge on any atom is -0.507 e. The van der Waals surface area contributed by atoms with Gasteiger partial charge in [-0.05, 0) is 68.1 Å². The van der Waals surface area contributed by atoms with Crippen LogP contribution < -0.4 is 4.74 Å². The Hall–Kier alpha value is -3.15. The van der Waals surface area contributed by atoms with Gasteiger partial charge < -0.3 is 14.7 Å². The molecule has 6 nitrogen and oxygen atoms in total. The fourth-order valence-electron chi connectivity index (χ4n) is 4.55. The summed E-state index contributed by atoms with van der Waals surface area (Å²) in [6.45, 7) is 4.34. The maximum atomic E-state index is 13.1. The third kappa shape index (κ3) is 3.47. The van der Waals surface area contributed by atoms with Crippen LogP contribution in [0.4, 0.5) is 0 Å². The molecule has 2 aliphatic rings. The van der Waals surface area contributed by atoms with Gasteiger partial charge in [-0.1, -0.05) is 12.8 Å². The van der Waals surface area contributed by atoms with E-state index in [0.717, 1.165) is 42.6 Å². The maximum Gasteiger partial charge on any atom is 0.295 e. The average Bonchev–Trinajstić information content (AvgIpc) is 3.37. The zero-order valence-corrected chi connectivity index (χ0v) is 17.3. The van der Waals surface area contributed by atoms with E-state index in [9.17, 15) is 14.7 Å². The van der Waals surface area contributed by atoms with Crippen LogP contribution >= 0.6 is 0 Å². The number of likely N-dealkylation sites (tertiary alicyclic amines) is 1. The lowest BCUT2D eigenvalue weighted by molar-refractivity contribution is -0.141. The molecule has 2 fully saturated rings. The van der Waals surface area contributed by atoms with E-state index >= 15 is 0 Å². The van der Waals surface area contributed by atoms with Gasteiger partial charge in [0.05, 0.1) is 18.2 Å². The Labute approximate surface area is 176 Å². The smallest absolute Gasteiger partial charge is 0.295 e. The summed E-state index contributed by atoms with van der Waals surface area (Å²) in [4.78, 5) is 31.8. The molecule has 1 aromatic carbocycles. The Kier molecular flexibility index (Phi) is 5.57. The molecule has 1 saturated heterocycles. The van der Waals surface area contributed by atoms with Gasteiger partial charge in [-0.3, -0.25) is 14.6 Å². The number of nitrogens with zero attached hydrogens (tertiary/aromatic N) is 2. The molecule has 1 aliphatic carbocycles. The molecule has 2 heterocycles. The van der Waals surface area contributed by atoms with Crippen molar-refractivity contribution >= 4 is 17.4 Å². The van der Waals surface area contributed by atoms with Crippen molar-refractivity contribution in [2.24, 2.45) is 0 Å². The second-order valence-electron chi connectivity index (χ2n) is 7.84. The summed E-state index contributed by atoms with van der Waals surface area (Å²) >= 11 is 0. The van der Waals surface area contributed by atoms with E-state index in [0.29, 0.717) is 12.2 Å². The van der Waals surface area contributed by atoms with Crippen LogP contribution in [0.2, 0.25) is 0 Å². The molecule has 1 saturated carbocycles. The van der Waals surface area contributed by atoms with Crippen LogP contribution in [0.5, 0.6) is 5.75 Å². The average molecular weight is 406 g/mol. The van der Waals surface area contributed by atoms with E-state index in [1.165, 1.54) is 0 Å². The summed E-state index contributed by atoms with van der Waals surface area (Å²) < 4.78 is 5.58. The SMILES string of the molecule is CCOc1ccc(/C(O)=C2/C(=O)C(=O)N(C3CCCC3)C2c2ccncc2)cc1C. The lowest BCUT2D eigenvalue weighted by atomic mass is 9.95. The predicted molar refractivity (Wildman–Crippen MR) is 113 cm³/mol. The van der Waals surface area contributed by atoms with Crippen LogP contribution in [-0.4, -0.2) is 39.3 Å². The van der Waals surface area contributed by atoms with Gasteiger partial charge in [0.1, 0.15) is 11.5 Å². The number of aryl methyl sites for hydroxylation is 1. The first-order chi connectivity index (χ1) is 14.5. The Morgan fingerprint density at radius 3 is 2.50 bits per heavy atom. The molecule has 1 amide bonds. The highest BCUT2D eigenvalue weighted by atomic mass is 16.5. The third-order valence-corrected chi connectivity index (χ3v) is 5.97. The van der Waals surface area contributed by atoms with Crippen molar-refractivity contribution in [3.8, 4) is 5.75 Å². The topological polar surface area (TPSA) is 79.7 Å². The standard InChI is InChI=1S/C24H26N2O4/c1-3-30-19-9-8-17(14-15(19)2)22(27)20-21(16-10-12-25-13-11-16)26(24(29)23(20)28)18-6-4-5-7-18/h8-14,18,21,27H,3-7H2,1-2H3/b22-20-. The fraction of sp³-hybridized carbons (Fsp3) is 0.375. The van der Waals surface area contributed by atoms with Gasteiger partial charge in [0.15, 0.2) is 0 Å². The van der Waals surface area contributed by atoms with Crippen LogP contribution in [0, 0.1) is 6.92 Å². The van der Waals surface area contributed by atoms with E-state index in [1.807, 2.05) is 13.8 Å². The van der Waals surface area contributed by atoms with Crippen LogP contribution in [0.25, 0.3) is 5.76 Å². The summed E-state index contributed by atoms with van der Waals surface area (Å²) in [5, 5.41) is 11.2. The number of carbonyl (C=O) groups is 2. The lowest BCUT2D eigenvalue weighted by Gasteiger charge is -2.30. The number of pyridine rings is 1. The molecule has 4 rings (SSSR count). The Bertz CT molecular complexity index is 994. The summed E-state index contributed by atoms with van der Waals surface area (Å²) in [7, 11) is 0. The van der Waals surface area contributed by atoms with Gasteiger partial charge in [0.25, 0.3) is 11.7 Å². The van der Waals surface area contributed by atoms with Gasteiger partial charge in [0, 0.05) is 24.0 Å². The number of hydrogen-bond acceptors (Lipinski definition) is 5. The number of aliphatic hydroxyl groups is 1. The van der Waals surface area contributed by atoms with E-state index in [-0.39, 0.29) is 17.4 Å². The van der Waals surface area contributed by atoms with Crippen LogP contribution in [0.3, 0.4) is 0 Å². The molecule has 1 N–H and O–H groups in total. The van der Waals surface area contributed by atoms with Crippen molar-refractivity contribution < 1.29 is 19.4 Å². The number of hydrogen-bond donors (Lipinski definition) is 1. The summed E-state index contributed by atoms with van der Waals surface area (Å²) in [6, 6.07) is 8.29. The summed E-state index contributed by atoms with van der Waals surface area (Å²) in [6.07, 6.45) is 7.10. The molecule has 2 aromatic rings. The molecule has 0 radical (unpaired) electrons. The highest BCUT2D eigenvalue weighted by molar-refractivity contribution is 6.46. The van der Waals surface area contributed by atoms with E-state index < -0.39 is 17.7 Å². The molecular weight excluding hydrogens is 380 g/mol. The highest BCUT2D eigenvalue weighted by Crippen LogP contribution is 2.43. The zero-order valence-electron chi connectivity index (χ0n) is 17.3. The zero-order chi connectivity index (χ0) is 21.3. The first-order valence-electron chi connectivity index (χ1n) is 10.5. The normalized spacial score (nSPS) is 21.4. The van der Waals surface area contributed by atoms with Crippen molar-refractivity contribution in [2.45, 2.75) is 51.6 Å². The predicted octanol–water partition coefficient (Wildman–Crippen LogP) is 4.15. The number of ether oxygens (including phenoxy) is 1. The number of ketones is 1. The molecule has 1 unspecified atom stereocenters. The van der Waals surface area contributed by atoms with Gasteiger partial charge >= 0.3 is 0 Å². The second-order valence-corrected chi connectivity index (χ2v) is 7.84. The van der Waals surface area contributed by atoms with Gasteiger partial charge in [-0.25, -0.2) is 0 Å². The maximum absolute atomic E-state index is 13.1. The summed E-state index contributed by atoms with van der Waals surface area (Å²) in [5.41, 5.74) is 2.27. The number of aliphatic hydroxyl groups excluding tert-OH is 1. The van der Waals surface area contributed by atoms with Crippen LogP contribution in [0.1, 0.15) is 55.3 Å². The van der Waals surface area contributed by atoms with Crippen LogP contribution in [-0.2, 0) is 9.59 Å². The van der Waals surface area contributed by atoms with Gasteiger partial charge in [0.2, 0.25) is 0 Å². The monoisotopic (exact) mass is 406 g/mol. The number of aromatic nitrogens is 1. The second kappa shape index (κ2) is 8.30. The van der Waals surface area contributed by atoms with Crippen LogP contribution in [0.15, 0.2) is 48.3 Å². The van der Waals surface area contributed by atoms with E-state index in [4.69, 9.17) is 4.74 Å². The number of rotatable bonds is 5. The molecule has 30 heavy (non-hydrogen) atoms. The van der Waals surface area contributed by atoms with Crippen molar-refractivity contribution in [3.63, 3.8) is 0 Å². The van der Waals surface area contributed by atoms with Crippen molar-refractivity contribution in [3.05, 3.63) is 65.0 Å². The molecular formula is C24H26N2O4. The van der Waals surface area contributed by atoms with Crippen molar-refractivity contribution in [1.82, 2.24) is 9.88 Å². The molecule has 0 spiro atoms. The molecule has 1 atom stereocenters. The van der Waals surface area contributed by atoms with E-state index in [1.54, 1.807) is 47.6 Å². The molecule has 1 aromatic heterocycles. The molecule has 156 valence electrons. The minimum absolute atomic E-state index is 0.00646. The van der Waals surface area contributed by atoms with Crippen molar-refractivity contribution in [1.29, 1.82) is 0 Å². The number of Topliss-reactive ketones (excluding diaryl/α,β-unsaturated/α-hetero) is 1. The van der Waals surface area contributed by atoms with E-state index in [2.05, 4.69) is 4.98 Å². The fourth-order valence-corrected chi connectivity index (χ4v) is 4.55. The molecule has 1 aliphatic heterocycles. The molecule has 6 heteroatoms. The Morgan fingerprint density at radius 2 is 1.87 bits per heavy atom. The van der Waals surface area contributed by atoms with Gasteiger partial charge in [-0.15, -0.1) is 0 Å². The molecule has 0 bridgehead atoms. The third-order valence-electron chi connectivity index (χ3n) is 5.97. The Balaban J connectivity index is 1.84. The highest BCUT2D eigenvalue weighted by Gasteiger charge is 2.49. The Morgan fingerprint density at radius 1 is 1.17 bits per heavy atom. The number of amides is 1. The minimum atomic E-state index is -0.632. The quantitative estimate of drug-likeness (QED) is 0.458. The first-order valence-corrected chi connectivity index (χ1v) is 10.5.